The van der Waals surface area contributed by atoms with Gasteiger partial charge in [0.05, 0.1) is 0 Å². The van der Waals surface area contributed by atoms with E-state index in [9.17, 15) is 22.8 Å². The Morgan fingerprint density at radius 3 is 2.38 bits per heavy atom. The fourth-order valence-corrected chi connectivity index (χ4v) is 2.44. The summed E-state index contributed by atoms with van der Waals surface area (Å²) < 4.78 is 41.3. The zero-order chi connectivity index (χ0) is 20.9. The van der Waals surface area contributed by atoms with Gasteiger partial charge in [-0.1, -0.05) is 24.3 Å². The van der Waals surface area contributed by atoms with Gasteiger partial charge >= 0.3 is 12.4 Å². The Kier molecular flexibility index (Phi) is 6.06. The van der Waals surface area contributed by atoms with Gasteiger partial charge in [0.15, 0.2) is 0 Å². The van der Waals surface area contributed by atoms with Crippen molar-refractivity contribution in [2.24, 2.45) is 0 Å². The van der Waals surface area contributed by atoms with Crippen LogP contribution in [-0.2, 0) is 4.79 Å². The van der Waals surface area contributed by atoms with Crippen LogP contribution in [0.15, 0.2) is 54.6 Å². The molecule has 3 N–H and O–H groups in total. The predicted molar refractivity (Wildman–Crippen MR) is 102 cm³/mol. The molecule has 0 aliphatic heterocycles. The number of carbonyl (C=O) groups is 2. The number of anilines is 2. The molecule has 6 nitrogen and oxygen atoms in total. The first-order valence-corrected chi connectivity index (χ1v) is 8.80. The van der Waals surface area contributed by atoms with Crippen LogP contribution in [0, 0.1) is 0 Å². The average Bonchev–Trinajstić information content (AvgIpc) is 3.44. The Morgan fingerprint density at radius 2 is 1.69 bits per heavy atom. The molecular formula is C20H18F3N3O3. The van der Waals surface area contributed by atoms with Crippen LogP contribution in [0.2, 0.25) is 0 Å². The molecule has 0 bridgehead atoms. The Hall–Kier alpha value is -3.49. The van der Waals surface area contributed by atoms with Crippen molar-refractivity contribution in [2.75, 3.05) is 10.6 Å². The van der Waals surface area contributed by atoms with Gasteiger partial charge in [0.2, 0.25) is 5.91 Å². The lowest BCUT2D eigenvalue weighted by Gasteiger charge is -2.11. The lowest BCUT2D eigenvalue weighted by molar-refractivity contribution is -0.274. The first-order valence-electron chi connectivity index (χ1n) is 8.80. The summed E-state index contributed by atoms with van der Waals surface area (Å²) in [4.78, 5) is 23.9. The van der Waals surface area contributed by atoms with Gasteiger partial charge in [-0.25, -0.2) is 4.79 Å². The molecule has 9 heteroatoms. The van der Waals surface area contributed by atoms with Crippen molar-refractivity contribution in [1.29, 1.82) is 0 Å². The largest absolute Gasteiger partial charge is 0.573 e. The van der Waals surface area contributed by atoms with Crippen molar-refractivity contribution in [3.05, 3.63) is 60.2 Å². The predicted octanol–water partition coefficient (Wildman–Crippen LogP) is 4.52. The molecule has 0 unspecified atom stereocenters. The molecule has 3 rings (SSSR count). The fraction of sp³-hybridized carbons (Fsp3) is 0.200. The minimum absolute atomic E-state index is 0.104. The van der Waals surface area contributed by atoms with Crippen LogP contribution in [0.3, 0.4) is 0 Å². The number of benzene rings is 2. The topological polar surface area (TPSA) is 79.5 Å². The van der Waals surface area contributed by atoms with E-state index in [1.54, 1.807) is 24.3 Å². The van der Waals surface area contributed by atoms with E-state index >= 15 is 0 Å². The van der Waals surface area contributed by atoms with Gasteiger partial charge < -0.3 is 20.7 Å². The van der Waals surface area contributed by atoms with Gasteiger partial charge in [-0.2, -0.15) is 0 Å². The maximum Gasteiger partial charge on any atom is 0.573 e. The molecule has 2 aromatic rings. The van der Waals surface area contributed by atoms with Crippen molar-refractivity contribution in [1.82, 2.24) is 5.32 Å². The number of ether oxygens (including phenoxy) is 1. The van der Waals surface area contributed by atoms with Crippen molar-refractivity contribution in [3.8, 4) is 5.75 Å². The highest BCUT2D eigenvalue weighted by Crippen LogP contribution is 2.27. The molecule has 152 valence electrons. The van der Waals surface area contributed by atoms with Gasteiger partial charge in [0.1, 0.15) is 5.75 Å². The van der Waals surface area contributed by atoms with E-state index in [-0.39, 0.29) is 17.6 Å². The van der Waals surface area contributed by atoms with Crippen LogP contribution in [0.4, 0.5) is 29.3 Å². The molecule has 2 aromatic carbocycles. The summed E-state index contributed by atoms with van der Waals surface area (Å²) in [5.41, 5.74) is 1.02. The third kappa shape index (κ3) is 6.87. The van der Waals surface area contributed by atoms with E-state index in [4.69, 9.17) is 0 Å². The first-order chi connectivity index (χ1) is 13.8. The molecule has 0 heterocycles. The van der Waals surface area contributed by atoms with E-state index in [1.165, 1.54) is 24.3 Å². The third-order valence-corrected chi connectivity index (χ3v) is 3.86. The number of alkyl halides is 3. The summed E-state index contributed by atoms with van der Waals surface area (Å²) in [6.45, 7) is 0. The van der Waals surface area contributed by atoms with E-state index in [0.717, 1.165) is 25.0 Å². The van der Waals surface area contributed by atoms with Crippen LogP contribution < -0.4 is 20.7 Å². The number of hydrogen-bond acceptors (Lipinski definition) is 3. The molecule has 0 saturated heterocycles. The van der Waals surface area contributed by atoms with E-state index in [1.807, 2.05) is 0 Å². The summed E-state index contributed by atoms with van der Waals surface area (Å²) in [7, 11) is 0. The Balaban J connectivity index is 1.61. The van der Waals surface area contributed by atoms with E-state index in [0.29, 0.717) is 11.4 Å². The van der Waals surface area contributed by atoms with Gasteiger partial charge in [-0.05, 0) is 43.2 Å². The molecule has 1 saturated carbocycles. The summed E-state index contributed by atoms with van der Waals surface area (Å²) >= 11 is 0. The van der Waals surface area contributed by atoms with Crippen LogP contribution in [0.1, 0.15) is 18.4 Å². The maximum atomic E-state index is 12.4. The highest BCUT2D eigenvalue weighted by molar-refractivity contribution is 6.02. The van der Waals surface area contributed by atoms with Crippen LogP contribution >= 0.6 is 0 Å². The number of halogens is 3. The van der Waals surface area contributed by atoms with Crippen molar-refractivity contribution < 1.29 is 27.5 Å². The van der Waals surface area contributed by atoms with Crippen LogP contribution in [0.5, 0.6) is 5.75 Å². The summed E-state index contributed by atoms with van der Waals surface area (Å²) in [6.07, 6.45) is -0.578. The monoisotopic (exact) mass is 405 g/mol. The van der Waals surface area contributed by atoms with E-state index in [2.05, 4.69) is 20.7 Å². The van der Waals surface area contributed by atoms with Crippen LogP contribution in [0.25, 0.3) is 6.08 Å². The summed E-state index contributed by atoms with van der Waals surface area (Å²) in [6, 6.07) is 11.9. The second kappa shape index (κ2) is 8.68. The standard InChI is InChI=1S/C20H18F3N3O3/c21-20(22,23)29-17-7-2-1-4-13(17)8-11-18(27)24-15-5-3-6-16(12-15)26-19(28)25-14-9-10-14/h1-8,11-12,14H,9-10H2,(H,24,27)(H2,25,26,28)/b11-8+. The normalized spacial score (nSPS) is 13.8. The van der Waals surface area contributed by atoms with Crippen molar-refractivity contribution in [3.63, 3.8) is 0 Å². The van der Waals surface area contributed by atoms with E-state index < -0.39 is 18.0 Å². The maximum absolute atomic E-state index is 12.4. The molecule has 1 aliphatic carbocycles. The molecule has 29 heavy (non-hydrogen) atoms. The number of hydrogen-bond donors (Lipinski definition) is 3. The molecule has 0 aromatic heterocycles. The minimum Gasteiger partial charge on any atom is -0.405 e. The van der Waals surface area contributed by atoms with Crippen molar-refractivity contribution in [2.45, 2.75) is 25.2 Å². The van der Waals surface area contributed by atoms with Gasteiger partial charge in [-0.3, -0.25) is 4.79 Å². The quantitative estimate of drug-likeness (QED) is 0.618. The first kappa shape index (κ1) is 20.2. The number of urea groups is 1. The van der Waals surface area contributed by atoms with Gasteiger partial charge in [0.25, 0.3) is 0 Å². The van der Waals surface area contributed by atoms with Gasteiger partial charge in [-0.15, -0.1) is 13.2 Å². The summed E-state index contributed by atoms with van der Waals surface area (Å²) in [5, 5.41) is 8.04. The third-order valence-electron chi connectivity index (χ3n) is 3.86. The highest BCUT2D eigenvalue weighted by Gasteiger charge is 2.31. The fourth-order valence-electron chi connectivity index (χ4n) is 2.44. The minimum atomic E-state index is -4.83. The number of carbonyl (C=O) groups excluding carboxylic acids is 2. The van der Waals surface area contributed by atoms with Gasteiger partial charge in [0, 0.05) is 29.1 Å². The lowest BCUT2D eigenvalue weighted by Crippen LogP contribution is -2.30. The number of amides is 3. The molecule has 0 radical (unpaired) electrons. The Bertz CT molecular complexity index is 924. The average molecular weight is 405 g/mol. The SMILES string of the molecule is O=C(/C=C/c1ccccc1OC(F)(F)F)Nc1cccc(NC(=O)NC2CC2)c1. The number of rotatable bonds is 6. The molecule has 3 amide bonds. The summed E-state index contributed by atoms with van der Waals surface area (Å²) in [5.74, 6) is -0.955. The molecule has 0 atom stereocenters. The number of nitrogens with one attached hydrogen (secondary N) is 3. The zero-order valence-electron chi connectivity index (χ0n) is 15.1. The molecular weight excluding hydrogens is 387 g/mol. The van der Waals surface area contributed by atoms with Crippen molar-refractivity contribution >= 4 is 29.4 Å². The molecule has 0 spiro atoms. The lowest BCUT2D eigenvalue weighted by atomic mass is 10.2. The zero-order valence-corrected chi connectivity index (χ0v) is 15.1. The Labute approximate surface area is 164 Å². The second-order valence-corrected chi connectivity index (χ2v) is 6.36. The smallest absolute Gasteiger partial charge is 0.405 e. The number of para-hydroxylation sites is 1. The molecule has 1 fully saturated rings. The highest BCUT2D eigenvalue weighted by atomic mass is 19.4. The Morgan fingerprint density at radius 1 is 1.00 bits per heavy atom. The molecule has 1 aliphatic rings. The second-order valence-electron chi connectivity index (χ2n) is 6.36. The van der Waals surface area contributed by atoms with Crippen LogP contribution in [-0.4, -0.2) is 24.3 Å².